The minimum absolute atomic E-state index is 0.0278. The number of hydrogen-bond donors (Lipinski definition) is 1. The predicted molar refractivity (Wildman–Crippen MR) is 192 cm³/mol. The standard InChI is InChI=1S/C38H37N3O5S2/c1-5-45-31-21-27(17-18-30(31)46-20-19-23(2)3)33-32(34(42)26-15-13-24(4)14-16-26)35(43)36(44)41(33)37-39-40-38(48-37)47-22-28-11-8-10-25-9-6-7-12-29(25)28/h6-18,21,23,33,42H,5,19-20,22H2,1-4H3/b34-32+. The summed E-state index contributed by atoms with van der Waals surface area (Å²) in [6, 6.07) is 26.0. The van der Waals surface area contributed by atoms with Crippen LogP contribution in [-0.2, 0) is 15.3 Å². The maximum absolute atomic E-state index is 13.8. The molecule has 1 unspecified atom stereocenters. The third-order valence-electron chi connectivity index (χ3n) is 8.14. The van der Waals surface area contributed by atoms with Crippen LogP contribution >= 0.6 is 23.1 Å². The van der Waals surface area contributed by atoms with Crippen LogP contribution in [0, 0.1) is 12.8 Å². The molecule has 8 nitrogen and oxygen atoms in total. The Balaban J connectivity index is 1.38. The predicted octanol–water partition coefficient (Wildman–Crippen LogP) is 8.74. The van der Waals surface area contributed by atoms with Crippen LogP contribution in [0.4, 0.5) is 5.13 Å². The van der Waals surface area contributed by atoms with E-state index in [1.165, 1.54) is 33.4 Å². The lowest BCUT2D eigenvalue weighted by Crippen LogP contribution is -2.29. The van der Waals surface area contributed by atoms with Crippen molar-refractivity contribution in [2.24, 2.45) is 5.92 Å². The maximum atomic E-state index is 13.8. The number of aliphatic hydroxyl groups is 1. The molecule has 0 spiro atoms. The number of carbonyl (C=O) groups is 2. The number of aryl methyl sites for hydroxylation is 1. The van der Waals surface area contributed by atoms with Gasteiger partial charge in [0, 0.05) is 11.3 Å². The molecule has 0 saturated carbocycles. The van der Waals surface area contributed by atoms with E-state index in [0.29, 0.717) is 51.9 Å². The van der Waals surface area contributed by atoms with E-state index in [2.05, 4.69) is 48.3 Å². The van der Waals surface area contributed by atoms with E-state index in [4.69, 9.17) is 9.47 Å². The summed E-state index contributed by atoms with van der Waals surface area (Å²) >= 11 is 2.75. The number of thioether (sulfide) groups is 1. The maximum Gasteiger partial charge on any atom is 0.301 e. The topological polar surface area (TPSA) is 102 Å². The van der Waals surface area contributed by atoms with Gasteiger partial charge in [0.1, 0.15) is 5.76 Å². The number of ketones is 1. The monoisotopic (exact) mass is 679 g/mol. The SMILES string of the molecule is CCOc1cc(C2/C(=C(\O)c3ccc(C)cc3)C(=O)C(=O)N2c2nnc(SCc3cccc4ccccc34)s2)ccc1OCCC(C)C. The fraction of sp³-hybridized carbons (Fsp3) is 0.263. The summed E-state index contributed by atoms with van der Waals surface area (Å²) in [5.41, 5.74) is 3.14. The van der Waals surface area contributed by atoms with Gasteiger partial charge >= 0.3 is 5.91 Å². The first kappa shape index (κ1) is 33.2. The number of hydrogen-bond acceptors (Lipinski definition) is 9. The molecule has 48 heavy (non-hydrogen) atoms. The van der Waals surface area contributed by atoms with Crippen molar-refractivity contribution in [3.63, 3.8) is 0 Å². The zero-order valence-corrected chi connectivity index (χ0v) is 28.9. The molecule has 0 aliphatic carbocycles. The molecule has 1 aromatic heterocycles. The summed E-state index contributed by atoms with van der Waals surface area (Å²) in [7, 11) is 0. The summed E-state index contributed by atoms with van der Waals surface area (Å²) < 4.78 is 12.7. The molecule has 1 aliphatic heterocycles. The number of aromatic nitrogens is 2. The Bertz CT molecular complexity index is 1980. The van der Waals surface area contributed by atoms with Crippen molar-refractivity contribution in [1.29, 1.82) is 0 Å². The molecule has 0 bridgehead atoms. The fourth-order valence-corrected chi connectivity index (χ4v) is 7.49. The highest BCUT2D eigenvalue weighted by Crippen LogP contribution is 2.46. The summed E-state index contributed by atoms with van der Waals surface area (Å²) in [5, 5.41) is 23.0. The second-order valence-corrected chi connectivity index (χ2v) is 14.2. The second kappa shape index (κ2) is 14.6. The molecule has 6 rings (SSSR count). The van der Waals surface area contributed by atoms with Gasteiger partial charge in [-0.25, -0.2) is 0 Å². The Labute approximate surface area is 288 Å². The van der Waals surface area contributed by atoms with Crippen molar-refractivity contribution in [1.82, 2.24) is 10.2 Å². The van der Waals surface area contributed by atoms with E-state index in [-0.39, 0.29) is 16.5 Å². The number of rotatable bonds is 12. The zero-order chi connectivity index (χ0) is 33.8. The highest BCUT2D eigenvalue weighted by atomic mass is 32.2. The molecule has 1 aliphatic rings. The van der Waals surface area contributed by atoms with Crippen molar-refractivity contribution in [2.45, 2.75) is 50.3 Å². The number of Topliss-reactive ketones (excluding diaryl/α,β-unsaturated/α-hetero) is 1. The Hall–Kier alpha value is -4.67. The first-order valence-corrected chi connectivity index (χ1v) is 17.8. The van der Waals surface area contributed by atoms with Gasteiger partial charge in [-0.3, -0.25) is 14.5 Å². The number of nitrogens with zero attached hydrogens (tertiary/aromatic N) is 3. The average Bonchev–Trinajstić information content (AvgIpc) is 3.65. The van der Waals surface area contributed by atoms with Gasteiger partial charge in [-0.15, -0.1) is 10.2 Å². The van der Waals surface area contributed by atoms with Gasteiger partial charge in [-0.2, -0.15) is 0 Å². The number of carbonyl (C=O) groups excluding carboxylic acids is 2. The summed E-state index contributed by atoms with van der Waals surface area (Å²) in [4.78, 5) is 28.9. The molecule has 0 radical (unpaired) electrons. The van der Waals surface area contributed by atoms with Crippen LogP contribution in [0.1, 0.15) is 55.5 Å². The lowest BCUT2D eigenvalue weighted by molar-refractivity contribution is -0.132. The number of aliphatic hydroxyl groups excluding tert-OH is 1. The molecule has 1 atom stereocenters. The highest BCUT2D eigenvalue weighted by Gasteiger charge is 2.48. The third-order valence-corrected chi connectivity index (χ3v) is 10.2. The van der Waals surface area contributed by atoms with Crippen molar-refractivity contribution in [3.8, 4) is 11.5 Å². The lowest BCUT2D eigenvalue weighted by atomic mass is 9.95. The van der Waals surface area contributed by atoms with Gasteiger partial charge in [0.05, 0.1) is 24.8 Å². The van der Waals surface area contributed by atoms with Gasteiger partial charge in [0.2, 0.25) is 5.13 Å². The molecular weight excluding hydrogens is 643 g/mol. The van der Waals surface area contributed by atoms with Crippen molar-refractivity contribution in [3.05, 3.63) is 113 Å². The van der Waals surface area contributed by atoms with E-state index in [0.717, 1.165) is 22.9 Å². The lowest BCUT2D eigenvalue weighted by Gasteiger charge is -2.24. The first-order valence-electron chi connectivity index (χ1n) is 16.0. The Kier molecular flexibility index (Phi) is 10.1. The van der Waals surface area contributed by atoms with Crippen LogP contribution in [0.15, 0.2) is 94.8 Å². The molecule has 4 aromatic carbocycles. The van der Waals surface area contributed by atoms with E-state index < -0.39 is 17.7 Å². The number of benzene rings is 4. The van der Waals surface area contributed by atoms with Crippen LogP contribution in [0.25, 0.3) is 16.5 Å². The number of ether oxygens (including phenoxy) is 2. The smallest absolute Gasteiger partial charge is 0.301 e. The average molecular weight is 680 g/mol. The van der Waals surface area contributed by atoms with Crippen molar-refractivity contribution >= 4 is 56.5 Å². The van der Waals surface area contributed by atoms with Gasteiger partial charge in [-0.05, 0) is 60.2 Å². The van der Waals surface area contributed by atoms with Crippen LogP contribution in [0.5, 0.6) is 11.5 Å². The Morgan fingerprint density at radius 1 is 0.958 bits per heavy atom. The van der Waals surface area contributed by atoms with E-state index in [1.807, 2.05) is 44.2 Å². The van der Waals surface area contributed by atoms with E-state index >= 15 is 0 Å². The third kappa shape index (κ3) is 6.95. The normalized spacial score (nSPS) is 15.9. The largest absolute Gasteiger partial charge is 0.507 e. The minimum Gasteiger partial charge on any atom is -0.507 e. The second-order valence-electron chi connectivity index (χ2n) is 12.0. The summed E-state index contributed by atoms with van der Waals surface area (Å²) in [6.07, 6.45) is 0.877. The zero-order valence-electron chi connectivity index (χ0n) is 27.3. The Morgan fingerprint density at radius 2 is 1.73 bits per heavy atom. The summed E-state index contributed by atoms with van der Waals surface area (Å²) in [6.45, 7) is 9.00. The summed E-state index contributed by atoms with van der Waals surface area (Å²) in [5.74, 6) is 0.346. The van der Waals surface area contributed by atoms with E-state index in [1.54, 1.807) is 30.3 Å². The quantitative estimate of drug-likeness (QED) is 0.0459. The van der Waals surface area contributed by atoms with Crippen LogP contribution in [0.2, 0.25) is 0 Å². The van der Waals surface area contributed by atoms with Gasteiger partial charge in [0.25, 0.3) is 5.78 Å². The molecule has 246 valence electrons. The molecule has 1 amide bonds. The number of anilines is 1. The molecule has 1 N–H and O–H groups in total. The fourth-order valence-electron chi connectivity index (χ4n) is 5.62. The highest BCUT2D eigenvalue weighted by molar-refractivity contribution is 8.00. The van der Waals surface area contributed by atoms with Crippen LogP contribution < -0.4 is 14.4 Å². The Morgan fingerprint density at radius 3 is 2.50 bits per heavy atom. The van der Waals surface area contributed by atoms with Crippen LogP contribution in [0.3, 0.4) is 0 Å². The molecule has 1 saturated heterocycles. The molecule has 2 heterocycles. The first-order chi connectivity index (χ1) is 23.2. The number of amides is 1. The van der Waals surface area contributed by atoms with Crippen molar-refractivity contribution in [2.75, 3.05) is 18.1 Å². The van der Waals surface area contributed by atoms with Gasteiger partial charge in [-0.1, -0.05) is 115 Å². The molecule has 5 aromatic rings. The molecular formula is C38H37N3O5S2. The van der Waals surface area contributed by atoms with E-state index in [9.17, 15) is 14.7 Å². The van der Waals surface area contributed by atoms with Gasteiger partial charge < -0.3 is 14.6 Å². The minimum atomic E-state index is -0.973. The number of fused-ring (bicyclic) bond motifs is 1. The molecule has 1 fully saturated rings. The molecule has 10 heteroatoms. The van der Waals surface area contributed by atoms with Crippen molar-refractivity contribution < 1.29 is 24.2 Å². The van der Waals surface area contributed by atoms with Gasteiger partial charge in [0.15, 0.2) is 15.8 Å². The van der Waals surface area contributed by atoms with Crippen LogP contribution in [-0.4, -0.2) is 40.2 Å².